The molecule has 1 saturated heterocycles. The molecule has 0 saturated carbocycles. The fourth-order valence-corrected chi connectivity index (χ4v) is 3.18. The number of rotatable bonds is 4. The number of benzene rings is 1. The number of piperidine rings is 1. The highest BCUT2D eigenvalue weighted by atomic mass is 32.1. The van der Waals surface area contributed by atoms with Crippen LogP contribution in [-0.4, -0.2) is 50.0 Å². The molecule has 1 aromatic carbocycles. The van der Waals surface area contributed by atoms with Crippen LogP contribution < -0.4 is 10.6 Å². The normalized spacial score (nSPS) is 15.6. The molecule has 1 aliphatic rings. The van der Waals surface area contributed by atoms with Crippen molar-refractivity contribution in [3.63, 3.8) is 0 Å². The van der Waals surface area contributed by atoms with E-state index in [2.05, 4.69) is 48.4 Å². The molecular formula is C21H28FN7S. The third-order valence-electron chi connectivity index (χ3n) is 4.52. The highest BCUT2D eigenvalue weighted by Crippen LogP contribution is 2.26. The number of hydrogen-bond donors (Lipinski definition) is 6. The lowest BCUT2D eigenvalue weighted by molar-refractivity contribution is 0.478. The molecule has 7 nitrogen and oxygen atoms in total. The molecule has 1 aliphatic heterocycles. The molecule has 160 valence electrons. The lowest BCUT2D eigenvalue weighted by Gasteiger charge is -2.23. The van der Waals surface area contributed by atoms with Crippen molar-refractivity contribution in [2.75, 3.05) is 24.2 Å². The van der Waals surface area contributed by atoms with Crippen LogP contribution in [0.3, 0.4) is 0 Å². The number of hydrogen-bond acceptors (Lipinski definition) is 5. The Morgan fingerprint density at radius 2 is 1.97 bits per heavy atom. The van der Waals surface area contributed by atoms with E-state index in [1.807, 2.05) is 13.0 Å². The summed E-state index contributed by atoms with van der Waals surface area (Å²) in [6.07, 6.45) is 7.49. The number of aromatic nitrogens is 5. The van der Waals surface area contributed by atoms with E-state index in [1.165, 1.54) is 12.1 Å². The average Bonchev–Trinajstić information content (AvgIpc) is 3.02. The monoisotopic (exact) mass is 429 g/mol. The van der Waals surface area contributed by atoms with E-state index in [1.54, 1.807) is 30.7 Å². The summed E-state index contributed by atoms with van der Waals surface area (Å²) >= 11 is 3.79. The van der Waals surface area contributed by atoms with Crippen LogP contribution in [0.4, 0.5) is 10.3 Å². The second-order valence-electron chi connectivity index (χ2n) is 6.77. The molecule has 1 fully saturated rings. The summed E-state index contributed by atoms with van der Waals surface area (Å²) < 4.78 is 13.3. The third kappa shape index (κ3) is 6.11. The van der Waals surface area contributed by atoms with Crippen LogP contribution in [-0.2, 0) is 0 Å². The van der Waals surface area contributed by atoms with Gasteiger partial charge in [-0.05, 0) is 55.5 Å². The molecule has 4 rings (SSSR count). The summed E-state index contributed by atoms with van der Waals surface area (Å²) in [4.78, 5) is 12.3. The minimum absolute atomic E-state index is 0.275. The Balaban J connectivity index is 0.000000806. The quantitative estimate of drug-likeness (QED) is 0.351. The number of H-pyrrole nitrogens is 3. The summed E-state index contributed by atoms with van der Waals surface area (Å²) in [6.45, 7) is 3.95. The predicted molar refractivity (Wildman–Crippen MR) is 123 cm³/mol. The Labute approximate surface area is 181 Å². The van der Waals surface area contributed by atoms with Crippen molar-refractivity contribution in [3.05, 3.63) is 54.7 Å². The van der Waals surface area contributed by atoms with E-state index in [0.717, 1.165) is 54.3 Å². The second-order valence-corrected chi connectivity index (χ2v) is 7.41. The van der Waals surface area contributed by atoms with E-state index < -0.39 is 0 Å². The van der Waals surface area contributed by atoms with Crippen molar-refractivity contribution < 1.29 is 4.39 Å². The molecule has 0 spiro atoms. The van der Waals surface area contributed by atoms with Gasteiger partial charge in [-0.25, -0.2) is 14.4 Å². The third-order valence-corrected chi connectivity index (χ3v) is 4.52. The standard InChI is InChI=1S/C19H22FN7.C2H6S/c20-14-5-3-13(4-6-14)17-18(22-10-11-24-27-17)16-7-9-23-19(26-16)25-15-2-1-8-21-12-15;1-2-3/h3-7,9-11,15,21-22,24,27H,1-2,8,12H2,(H,23,25,26);3H,2H2,1H3. The zero-order valence-corrected chi connectivity index (χ0v) is 17.8. The minimum atomic E-state index is -0.275. The van der Waals surface area contributed by atoms with E-state index in [9.17, 15) is 4.39 Å². The lowest BCUT2D eigenvalue weighted by atomic mass is 10.1. The first kappa shape index (κ1) is 21.9. The van der Waals surface area contributed by atoms with Gasteiger partial charge in [0.25, 0.3) is 0 Å². The van der Waals surface area contributed by atoms with Gasteiger partial charge in [0, 0.05) is 36.7 Å². The van der Waals surface area contributed by atoms with Gasteiger partial charge in [-0.1, -0.05) is 6.92 Å². The largest absolute Gasteiger partial charge is 0.357 e. The Kier molecular flexibility index (Phi) is 8.34. The van der Waals surface area contributed by atoms with Gasteiger partial charge in [-0.15, -0.1) is 0 Å². The molecule has 0 amide bonds. The van der Waals surface area contributed by atoms with Crippen LogP contribution >= 0.6 is 12.6 Å². The SMILES string of the molecule is CCS.Fc1ccc(-c2[nH][nH]cc[nH]c2-c2ccnc(NC3CCCNC3)n2)cc1. The molecule has 9 heteroatoms. The summed E-state index contributed by atoms with van der Waals surface area (Å²) in [5.74, 6) is 1.26. The molecular weight excluding hydrogens is 401 g/mol. The van der Waals surface area contributed by atoms with Crippen LogP contribution in [0.15, 0.2) is 48.9 Å². The van der Waals surface area contributed by atoms with Crippen LogP contribution in [0.5, 0.6) is 0 Å². The van der Waals surface area contributed by atoms with Crippen molar-refractivity contribution in [1.82, 2.24) is 30.5 Å². The fraction of sp³-hybridized carbons (Fsp3) is 0.333. The van der Waals surface area contributed by atoms with Gasteiger partial charge in [0.15, 0.2) is 0 Å². The predicted octanol–water partition coefficient (Wildman–Crippen LogP) is 4.16. The summed E-state index contributed by atoms with van der Waals surface area (Å²) in [7, 11) is 0. The van der Waals surface area contributed by atoms with E-state index in [-0.39, 0.29) is 5.82 Å². The molecule has 3 heterocycles. The Morgan fingerprint density at radius 3 is 2.70 bits per heavy atom. The number of anilines is 1. The fourth-order valence-electron chi connectivity index (χ4n) is 3.18. The van der Waals surface area contributed by atoms with E-state index in [4.69, 9.17) is 0 Å². The maximum absolute atomic E-state index is 13.3. The maximum Gasteiger partial charge on any atom is 0.223 e. The smallest absolute Gasteiger partial charge is 0.223 e. The van der Waals surface area contributed by atoms with Gasteiger partial charge in [0.05, 0.1) is 17.1 Å². The number of nitrogens with zero attached hydrogens (tertiary/aromatic N) is 2. The number of aromatic amines is 3. The zero-order valence-electron chi connectivity index (χ0n) is 17.0. The summed E-state index contributed by atoms with van der Waals surface area (Å²) in [5.41, 5.74) is 3.11. The topological polar surface area (TPSA) is 97.2 Å². The molecule has 30 heavy (non-hydrogen) atoms. The van der Waals surface area contributed by atoms with Crippen LogP contribution in [0.25, 0.3) is 22.6 Å². The summed E-state index contributed by atoms with van der Waals surface area (Å²) in [5, 5.41) is 12.9. The van der Waals surface area contributed by atoms with Gasteiger partial charge >= 0.3 is 0 Å². The van der Waals surface area contributed by atoms with Gasteiger partial charge in [-0.3, -0.25) is 5.10 Å². The van der Waals surface area contributed by atoms with Gasteiger partial charge in [0.2, 0.25) is 5.95 Å². The molecule has 0 radical (unpaired) electrons. The minimum Gasteiger partial charge on any atom is -0.357 e. The molecule has 1 atom stereocenters. The van der Waals surface area contributed by atoms with Crippen molar-refractivity contribution in [2.45, 2.75) is 25.8 Å². The first-order valence-corrected chi connectivity index (χ1v) is 10.7. The van der Waals surface area contributed by atoms with Crippen molar-refractivity contribution in [2.24, 2.45) is 0 Å². The lowest BCUT2D eigenvalue weighted by Crippen LogP contribution is -2.38. The average molecular weight is 430 g/mol. The molecule has 5 N–H and O–H groups in total. The van der Waals surface area contributed by atoms with Crippen molar-refractivity contribution in [3.8, 4) is 22.6 Å². The highest BCUT2D eigenvalue weighted by molar-refractivity contribution is 7.80. The molecule has 3 aromatic rings. The van der Waals surface area contributed by atoms with E-state index >= 15 is 0 Å². The maximum atomic E-state index is 13.3. The molecule has 1 unspecified atom stereocenters. The van der Waals surface area contributed by atoms with Crippen LogP contribution in [0.1, 0.15) is 19.8 Å². The molecule has 0 bridgehead atoms. The second kappa shape index (κ2) is 11.4. The zero-order chi connectivity index (χ0) is 21.2. The number of thiol groups is 1. The van der Waals surface area contributed by atoms with E-state index in [0.29, 0.717) is 12.0 Å². The molecule has 2 aromatic heterocycles. The van der Waals surface area contributed by atoms with Gasteiger partial charge in [0.1, 0.15) is 5.82 Å². The Morgan fingerprint density at radius 1 is 1.17 bits per heavy atom. The Hall–Kier alpha value is -2.78. The number of halogens is 1. The summed E-state index contributed by atoms with van der Waals surface area (Å²) in [6, 6.07) is 8.48. The van der Waals surface area contributed by atoms with Crippen molar-refractivity contribution in [1.29, 1.82) is 0 Å². The Bertz CT molecular complexity index is 940. The number of nitrogens with one attached hydrogen (secondary N) is 5. The highest BCUT2D eigenvalue weighted by Gasteiger charge is 2.15. The van der Waals surface area contributed by atoms with Gasteiger partial charge < -0.3 is 20.7 Å². The van der Waals surface area contributed by atoms with Crippen molar-refractivity contribution >= 4 is 18.6 Å². The van der Waals surface area contributed by atoms with Gasteiger partial charge in [-0.2, -0.15) is 12.6 Å². The first-order chi connectivity index (χ1) is 14.7. The first-order valence-electron chi connectivity index (χ1n) is 10.1. The van der Waals surface area contributed by atoms with Crippen LogP contribution in [0, 0.1) is 5.82 Å². The molecule has 0 aliphatic carbocycles. The van der Waals surface area contributed by atoms with Crippen LogP contribution in [0.2, 0.25) is 0 Å².